The number of carbonyl (C=O) groups is 2. The van der Waals surface area contributed by atoms with E-state index in [2.05, 4.69) is 0 Å². The number of carboxylic acid groups (broad SMARTS) is 1. The molecule has 3 N–H and O–H groups in total. The average molecular weight is 234 g/mol. The Bertz CT molecular complexity index is 459. The van der Waals surface area contributed by atoms with Gasteiger partial charge in [-0.3, -0.25) is 9.59 Å². The Labute approximate surface area is 98.8 Å². The van der Waals surface area contributed by atoms with Crippen LogP contribution in [0.3, 0.4) is 0 Å². The molecule has 0 spiro atoms. The minimum Gasteiger partial charge on any atom is -0.481 e. The number of primary amides is 1. The van der Waals surface area contributed by atoms with Crippen molar-refractivity contribution in [1.82, 2.24) is 0 Å². The van der Waals surface area contributed by atoms with E-state index in [0.29, 0.717) is 13.1 Å². The largest absolute Gasteiger partial charge is 0.481 e. The lowest BCUT2D eigenvalue weighted by atomic mass is 10.0. The molecule has 17 heavy (non-hydrogen) atoms. The average Bonchev–Trinajstić information content (AvgIpc) is 2.65. The molecule has 1 heterocycles. The van der Waals surface area contributed by atoms with Gasteiger partial charge in [0.1, 0.15) is 5.92 Å². The van der Waals surface area contributed by atoms with Gasteiger partial charge in [0.05, 0.1) is 0 Å². The van der Waals surface area contributed by atoms with Gasteiger partial charge in [0.15, 0.2) is 0 Å². The molecule has 1 aromatic carbocycles. The summed E-state index contributed by atoms with van der Waals surface area (Å²) >= 11 is 0. The summed E-state index contributed by atoms with van der Waals surface area (Å²) in [6, 6.07) is 7.38. The standard InChI is InChI=1S/C12H14N2O3/c13-11(15)5-6-14-7-9(12(16)17)8-3-1-2-4-10(8)14/h1-4,9H,5-7H2,(H2,13,15)(H,16,17). The van der Waals surface area contributed by atoms with E-state index < -0.39 is 11.9 Å². The summed E-state index contributed by atoms with van der Waals surface area (Å²) in [5, 5.41) is 9.14. The molecule has 0 aliphatic carbocycles. The third kappa shape index (κ3) is 2.22. The van der Waals surface area contributed by atoms with Gasteiger partial charge in [-0.2, -0.15) is 0 Å². The van der Waals surface area contributed by atoms with Crippen LogP contribution < -0.4 is 10.6 Å². The number of anilines is 1. The maximum atomic E-state index is 11.1. The number of nitrogens with zero attached hydrogens (tertiary/aromatic N) is 1. The third-order valence-corrected chi connectivity index (χ3v) is 2.98. The number of rotatable bonds is 4. The molecule has 1 aliphatic rings. The number of amides is 1. The zero-order chi connectivity index (χ0) is 12.4. The first-order chi connectivity index (χ1) is 8.09. The van der Waals surface area contributed by atoms with Crippen LogP contribution in [-0.4, -0.2) is 30.1 Å². The zero-order valence-electron chi connectivity index (χ0n) is 9.30. The van der Waals surface area contributed by atoms with Crippen molar-refractivity contribution in [2.45, 2.75) is 12.3 Å². The highest BCUT2D eigenvalue weighted by Crippen LogP contribution is 2.35. The fourth-order valence-electron chi connectivity index (χ4n) is 2.16. The maximum Gasteiger partial charge on any atom is 0.312 e. The second-order valence-corrected chi connectivity index (χ2v) is 4.11. The number of carboxylic acids is 1. The van der Waals surface area contributed by atoms with Gasteiger partial charge in [0.2, 0.25) is 5.91 Å². The summed E-state index contributed by atoms with van der Waals surface area (Å²) in [7, 11) is 0. The summed E-state index contributed by atoms with van der Waals surface area (Å²) < 4.78 is 0. The molecule has 5 nitrogen and oxygen atoms in total. The molecular formula is C12H14N2O3. The van der Waals surface area contributed by atoms with E-state index in [-0.39, 0.29) is 12.3 Å². The van der Waals surface area contributed by atoms with Crippen molar-refractivity contribution in [3.8, 4) is 0 Å². The summed E-state index contributed by atoms with van der Waals surface area (Å²) in [6.45, 7) is 0.873. The van der Waals surface area contributed by atoms with Gasteiger partial charge in [0, 0.05) is 25.2 Å². The van der Waals surface area contributed by atoms with Gasteiger partial charge in [-0.15, -0.1) is 0 Å². The Morgan fingerprint density at radius 3 is 2.76 bits per heavy atom. The van der Waals surface area contributed by atoms with Crippen LogP contribution in [0.5, 0.6) is 0 Å². The molecule has 0 bridgehead atoms. The topological polar surface area (TPSA) is 83.6 Å². The van der Waals surface area contributed by atoms with Gasteiger partial charge in [-0.05, 0) is 11.6 Å². The number of aliphatic carboxylic acids is 1. The van der Waals surface area contributed by atoms with Gasteiger partial charge in [-0.1, -0.05) is 18.2 Å². The smallest absolute Gasteiger partial charge is 0.312 e. The third-order valence-electron chi connectivity index (χ3n) is 2.98. The molecule has 0 aromatic heterocycles. The fourth-order valence-corrected chi connectivity index (χ4v) is 2.16. The molecule has 1 aromatic rings. The molecule has 0 saturated carbocycles. The molecule has 0 fully saturated rings. The summed E-state index contributed by atoms with van der Waals surface area (Å²) in [5.41, 5.74) is 6.80. The number of hydrogen-bond acceptors (Lipinski definition) is 3. The Hall–Kier alpha value is -2.04. The summed E-state index contributed by atoms with van der Waals surface area (Å²) in [6.07, 6.45) is 0.237. The highest BCUT2D eigenvalue weighted by atomic mass is 16.4. The monoisotopic (exact) mass is 234 g/mol. The first-order valence-electron chi connectivity index (χ1n) is 5.44. The van der Waals surface area contributed by atoms with Crippen LogP contribution in [0.15, 0.2) is 24.3 Å². The molecule has 0 saturated heterocycles. The maximum absolute atomic E-state index is 11.1. The molecular weight excluding hydrogens is 220 g/mol. The van der Waals surface area contributed by atoms with Crippen LogP contribution in [0.1, 0.15) is 17.9 Å². The van der Waals surface area contributed by atoms with Gasteiger partial charge in [-0.25, -0.2) is 0 Å². The van der Waals surface area contributed by atoms with Crippen molar-refractivity contribution in [3.05, 3.63) is 29.8 Å². The van der Waals surface area contributed by atoms with Crippen molar-refractivity contribution < 1.29 is 14.7 Å². The normalized spacial score (nSPS) is 17.9. The van der Waals surface area contributed by atoms with Gasteiger partial charge in [0.25, 0.3) is 0 Å². The molecule has 2 rings (SSSR count). The lowest BCUT2D eigenvalue weighted by Gasteiger charge is -2.18. The number of nitrogens with two attached hydrogens (primary N) is 1. The van der Waals surface area contributed by atoms with Crippen LogP contribution in [0.2, 0.25) is 0 Å². The fraction of sp³-hybridized carbons (Fsp3) is 0.333. The lowest BCUT2D eigenvalue weighted by Crippen LogP contribution is -2.28. The number of fused-ring (bicyclic) bond motifs is 1. The Morgan fingerprint density at radius 1 is 1.41 bits per heavy atom. The predicted octanol–water partition coefficient (Wildman–Crippen LogP) is 0.550. The molecule has 1 amide bonds. The van der Waals surface area contributed by atoms with E-state index in [1.165, 1.54) is 0 Å². The molecule has 0 radical (unpaired) electrons. The van der Waals surface area contributed by atoms with E-state index in [1.807, 2.05) is 29.2 Å². The predicted molar refractivity (Wildman–Crippen MR) is 62.8 cm³/mol. The van der Waals surface area contributed by atoms with Gasteiger partial charge < -0.3 is 15.7 Å². The minimum absolute atomic E-state index is 0.237. The van der Waals surface area contributed by atoms with Crippen LogP contribution >= 0.6 is 0 Å². The quantitative estimate of drug-likeness (QED) is 0.796. The molecule has 1 unspecified atom stereocenters. The van der Waals surface area contributed by atoms with E-state index in [1.54, 1.807) is 0 Å². The molecule has 1 atom stereocenters. The highest BCUT2D eigenvalue weighted by Gasteiger charge is 2.32. The van der Waals surface area contributed by atoms with E-state index in [9.17, 15) is 9.59 Å². The first-order valence-corrected chi connectivity index (χ1v) is 5.44. The van der Waals surface area contributed by atoms with E-state index in [0.717, 1.165) is 11.3 Å². The van der Waals surface area contributed by atoms with Crippen LogP contribution in [0.4, 0.5) is 5.69 Å². The Kier molecular flexibility index (Phi) is 2.99. The van der Waals surface area contributed by atoms with Crippen molar-refractivity contribution in [3.63, 3.8) is 0 Å². The lowest BCUT2D eigenvalue weighted by molar-refractivity contribution is -0.138. The molecule has 90 valence electrons. The van der Waals surface area contributed by atoms with Crippen molar-refractivity contribution in [1.29, 1.82) is 0 Å². The summed E-state index contributed by atoms with van der Waals surface area (Å²) in [4.78, 5) is 23.8. The number of para-hydroxylation sites is 1. The second kappa shape index (κ2) is 4.45. The second-order valence-electron chi connectivity index (χ2n) is 4.11. The minimum atomic E-state index is -0.834. The van der Waals surface area contributed by atoms with Gasteiger partial charge >= 0.3 is 5.97 Å². The number of hydrogen-bond donors (Lipinski definition) is 2. The van der Waals surface area contributed by atoms with Crippen LogP contribution in [-0.2, 0) is 9.59 Å². The SMILES string of the molecule is NC(=O)CCN1CC(C(=O)O)c2ccccc21. The Balaban J connectivity index is 2.22. The zero-order valence-corrected chi connectivity index (χ0v) is 9.30. The first kappa shape index (κ1) is 11.4. The summed E-state index contributed by atoms with van der Waals surface area (Å²) in [5.74, 6) is -1.72. The van der Waals surface area contributed by atoms with Crippen LogP contribution in [0.25, 0.3) is 0 Å². The van der Waals surface area contributed by atoms with Crippen molar-refractivity contribution in [2.24, 2.45) is 5.73 Å². The van der Waals surface area contributed by atoms with E-state index in [4.69, 9.17) is 10.8 Å². The number of carbonyl (C=O) groups excluding carboxylic acids is 1. The van der Waals surface area contributed by atoms with Crippen molar-refractivity contribution >= 4 is 17.6 Å². The van der Waals surface area contributed by atoms with Crippen molar-refractivity contribution in [2.75, 3.05) is 18.0 Å². The highest BCUT2D eigenvalue weighted by molar-refractivity contribution is 5.83. The number of benzene rings is 1. The van der Waals surface area contributed by atoms with E-state index >= 15 is 0 Å². The van der Waals surface area contributed by atoms with Crippen LogP contribution in [0, 0.1) is 0 Å². The molecule has 1 aliphatic heterocycles. The Morgan fingerprint density at radius 2 is 2.12 bits per heavy atom. The molecule has 5 heteroatoms.